The summed E-state index contributed by atoms with van der Waals surface area (Å²) < 4.78 is 22.9. The summed E-state index contributed by atoms with van der Waals surface area (Å²) in [5, 5.41) is 0. The van der Waals surface area contributed by atoms with Crippen LogP contribution in [0, 0.1) is 0 Å². The molecular formula is C11H18N2O2S. The highest BCUT2D eigenvalue weighted by molar-refractivity contribution is 7.88. The van der Waals surface area contributed by atoms with Crippen molar-refractivity contribution in [2.75, 3.05) is 7.05 Å². The van der Waals surface area contributed by atoms with Crippen molar-refractivity contribution in [2.24, 2.45) is 0 Å². The largest absolute Gasteiger partial charge is 0.247 e. The number of hydrazine groups is 1. The quantitative estimate of drug-likeness (QED) is 0.767. The lowest BCUT2D eigenvalue weighted by molar-refractivity contribution is 0.569. The van der Waals surface area contributed by atoms with E-state index in [9.17, 15) is 8.42 Å². The third kappa shape index (κ3) is 3.92. The molecule has 4 nitrogen and oxygen atoms in total. The van der Waals surface area contributed by atoms with Gasteiger partial charge in [0.25, 0.3) is 0 Å². The molecule has 2 N–H and O–H groups in total. The van der Waals surface area contributed by atoms with Gasteiger partial charge in [-0.05, 0) is 24.1 Å². The molecule has 0 aliphatic carbocycles. The third-order valence-electron chi connectivity index (χ3n) is 2.26. The van der Waals surface area contributed by atoms with Crippen LogP contribution in [0.4, 0.5) is 0 Å². The summed E-state index contributed by atoms with van der Waals surface area (Å²) in [5.74, 6) is 0.452. The fourth-order valence-electron chi connectivity index (χ4n) is 1.41. The number of nitrogens with one attached hydrogen (secondary N) is 2. The lowest BCUT2D eigenvalue weighted by Crippen LogP contribution is -2.35. The maximum atomic E-state index is 11.4. The van der Waals surface area contributed by atoms with E-state index >= 15 is 0 Å². The summed E-state index contributed by atoms with van der Waals surface area (Å²) in [6.45, 7) is 4.21. The number of sulfonamides is 1. The molecular weight excluding hydrogens is 224 g/mol. The lowest BCUT2D eigenvalue weighted by Gasteiger charge is -2.08. The van der Waals surface area contributed by atoms with Crippen molar-refractivity contribution in [3.8, 4) is 0 Å². The predicted octanol–water partition coefficient (Wildman–Crippen LogP) is 1.36. The van der Waals surface area contributed by atoms with Crippen molar-refractivity contribution < 1.29 is 8.42 Å². The Balaban J connectivity index is 2.76. The van der Waals surface area contributed by atoms with Crippen LogP contribution in [0.1, 0.15) is 30.9 Å². The second kappa shape index (κ2) is 5.43. The molecule has 16 heavy (non-hydrogen) atoms. The van der Waals surface area contributed by atoms with Crippen molar-refractivity contribution in [1.29, 1.82) is 0 Å². The van der Waals surface area contributed by atoms with Crippen molar-refractivity contribution in [1.82, 2.24) is 10.3 Å². The molecule has 0 atom stereocenters. The Bertz CT molecular complexity index is 424. The van der Waals surface area contributed by atoms with E-state index in [1.165, 1.54) is 12.6 Å². The molecule has 0 radical (unpaired) electrons. The summed E-state index contributed by atoms with van der Waals surface area (Å²) in [7, 11) is -1.75. The fraction of sp³-hybridized carbons (Fsp3) is 0.455. The summed E-state index contributed by atoms with van der Waals surface area (Å²) in [6.07, 6.45) is 0. The van der Waals surface area contributed by atoms with Crippen molar-refractivity contribution in [3.05, 3.63) is 35.4 Å². The van der Waals surface area contributed by atoms with Gasteiger partial charge in [0.2, 0.25) is 10.0 Å². The molecule has 0 fully saturated rings. The average molecular weight is 242 g/mol. The van der Waals surface area contributed by atoms with E-state index in [-0.39, 0.29) is 5.75 Å². The van der Waals surface area contributed by atoms with Gasteiger partial charge in [0.05, 0.1) is 5.75 Å². The highest BCUT2D eigenvalue weighted by Crippen LogP contribution is 2.15. The molecule has 90 valence electrons. The van der Waals surface area contributed by atoms with E-state index in [0.717, 1.165) is 5.56 Å². The first-order chi connectivity index (χ1) is 7.44. The van der Waals surface area contributed by atoms with E-state index in [4.69, 9.17) is 0 Å². The molecule has 1 rings (SSSR count). The zero-order chi connectivity index (χ0) is 12.2. The first-order valence-corrected chi connectivity index (χ1v) is 6.85. The SMILES string of the molecule is CNNS(=O)(=O)Cc1ccc(C(C)C)cc1. The van der Waals surface area contributed by atoms with Crippen LogP contribution < -0.4 is 10.3 Å². The van der Waals surface area contributed by atoms with Gasteiger partial charge >= 0.3 is 0 Å². The van der Waals surface area contributed by atoms with Crippen molar-refractivity contribution in [3.63, 3.8) is 0 Å². The zero-order valence-electron chi connectivity index (χ0n) is 9.82. The highest BCUT2D eigenvalue weighted by atomic mass is 32.2. The van der Waals surface area contributed by atoms with Crippen LogP contribution in [0.25, 0.3) is 0 Å². The van der Waals surface area contributed by atoms with Gasteiger partial charge in [0.15, 0.2) is 0 Å². The first-order valence-electron chi connectivity index (χ1n) is 5.19. The van der Waals surface area contributed by atoms with E-state index in [1.54, 1.807) is 0 Å². The van der Waals surface area contributed by atoms with Crippen LogP contribution in [-0.2, 0) is 15.8 Å². The van der Waals surface area contributed by atoms with Crippen molar-refractivity contribution in [2.45, 2.75) is 25.5 Å². The Hall–Kier alpha value is -0.910. The van der Waals surface area contributed by atoms with E-state index in [0.29, 0.717) is 5.92 Å². The fourth-order valence-corrected chi connectivity index (χ4v) is 2.42. The molecule has 5 heteroatoms. The van der Waals surface area contributed by atoms with Gasteiger partial charge in [-0.2, -0.15) is 4.83 Å². The summed E-state index contributed by atoms with van der Waals surface area (Å²) in [6, 6.07) is 7.64. The van der Waals surface area contributed by atoms with Gasteiger partial charge in [-0.3, -0.25) is 0 Å². The van der Waals surface area contributed by atoms with Gasteiger partial charge in [0, 0.05) is 0 Å². The standard InChI is InChI=1S/C11H18N2O2S/c1-9(2)11-6-4-10(5-7-11)8-16(14,15)13-12-3/h4-7,9,12-13H,8H2,1-3H3. The topological polar surface area (TPSA) is 58.2 Å². The van der Waals surface area contributed by atoms with E-state index < -0.39 is 10.0 Å². The summed E-state index contributed by atoms with van der Waals surface area (Å²) in [4.78, 5) is 2.23. The second-order valence-corrected chi connectivity index (χ2v) is 5.73. The lowest BCUT2D eigenvalue weighted by atomic mass is 10.0. The molecule has 0 heterocycles. The van der Waals surface area contributed by atoms with Gasteiger partial charge < -0.3 is 0 Å². The second-order valence-electron chi connectivity index (χ2n) is 4.01. The van der Waals surface area contributed by atoms with Gasteiger partial charge in [0.1, 0.15) is 0 Å². The Morgan fingerprint density at radius 1 is 1.19 bits per heavy atom. The molecule has 0 unspecified atom stereocenters. The van der Waals surface area contributed by atoms with Crippen LogP contribution in [0.5, 0.6) is 0 Å². The molecule has 0 bridgehead atoms. The molecule has 0 saturated heterocycles. The van der Waals surface area contributed by atoms with Crippen LogP contribution in [-0.4, -0.2) is 15.5 Å². The monoisotopic (exact) mass is 242 g/mol. The van der Waals surface area contributed by atoms with Crippen LogP contribution in [0.2, 0.25) is 0 Å². The zero-order valence-corrected chi connectivity index (χ0v) is 10.6. The van der Waals surface area contributed by atoms with E-state index in [2.05, 4.69) is 24.1 Å². The minimum atomic E-state index is -3.28. The number of benzene rings is 1. The molecule has 0 aromatic heterocycles. The Morgan fingerprint density at radius 3 is 2.19 bits per heavy atom. The van der Waals surface area contributed by atoms with E-state index in [1.807, 2.05) is 24.3 Å². The first kappa shape index (κ1) is 13.2. The smallest absolute Gasteiger partial charge is 0.228 e. The minimum absolute atomic E-state index is 0.00772. The third-order valence-corrected chi connectivity index (χ3v) is 3.49. The number of hydrogen-bond donors (Lipinski definition) is 2. The van der Waals surface area contributed by atoms with Gasteiger partial charge in [-0.15, -0.1) is 0 Å². The molecule has 1 aromatic carbocycles. The van der Waals surface area contributed by atoms with Crippen LogP contribution >= 0.6 is 0 Å². The number of rotatable bonds is 5. The molecule has 0 aliphatic rings. The number of hydrogen-bond acceptors (Lipinski definition) is 3. The van der Waals surface area contributed by atoms with Gasteiger partial charge in [-0.25, -0.2) is 13.8 Å². The average Bonchev–Trinajstić information content (AvgIpc) is 2.17. The minimum Gasteiger partial charge on any atom is -0.247 e. The Kier molecular flexibility index (Phi) is 4.46. The van der Waals surface area contributed by atoms with Crippen molar-refractivity contribution >= 4 is 10.0 Å². The highest BCUT2D eigenvalue weighted by Gasteiger charge is 2.10. The van der Waals surface area contributed by atoms with Crippen LogP contribution in [0.3, 0.4) is 0 Å². The maximum Gasteiger partial charge on any atom is 0.228 e. The Morgan fingerprint density at radius 2 is 1.75 bits per heavy atom. The maximum absolute atomic E-state index is 11.4. The molecule has 0 aliphatic heterocycles. The molecule has 0 amide bonds. The molecule has 0 saturated carbocycles. The molecule has 0 spiro atoms. The predicted molar refractivity (Wildman–Crippen MR) is 65.4 cm³/mol. The Labute approximate surface area is 97.1 Å². The molecule has 1 aromatic rings. The normalized spacial score (nSPS) is 12.0. The van der Waals surface area contributed by atoms with Crippen LogP contribution in [0.15, 0.2) is 24.3 Å². The van der Waals surface area contributed by atoms with Gasteiger partial charge in [-0.1, -0.05) is 38.1 Å². The summed E-state index contributed by atoms with van der Waals surface area (Å²) in [5.41, 5.74) is 4.42. The summed E-state index contributed by atoms with van der Waals surface area (Å²) >= 11 is 0.